The van der Waals surface area contributed by atoms with Crippen molar-refractivity contribution < 1.29 is 4.74 Å². The molecule has 0 saturated carbocycles. The third kappa shape index (κ3) is 2.47. The van der Waals surface area contributed by atoms with E-state index in [-0.39, 0.29) is 31.5 Å². The lowest BCUT2D eigenvalue weighted by Gasteiger charge is -2.13. The molecular weight excluding hydrogens is 316 g/mol. The number of para-hydroxylation sites is 1. The van der Waals surface area contributed by atoms with Crippen molar-refractivity contribution in [1.82, 2.24) is 0 Å². The van der Waals surface area contributed by atoms with Gasteiger partial charge in [-0.1, -0.05) is 64.6 Å². The van der Waals surface area contributed by atoms with E-state index in [1.54, 1.807) is 12.1 Å². The molecule has 0 spiro atoms. The molecular formula is C12H7Cl4NO. The van der Waals surface area contributed by atoms with Crippen molar-refractivity contribution in [2.75, 3.05) is 5.73 Å². The molecule has 2 aromatic rings. The Labute approximate surface area is 124 Å². The number of benzene rings is 2. The minimum atomic E-state index is 0.117. The van der Waals surface area contributed by atoms with Gasteiger partial charge in [0.1, 0.15) is 15.8 Å². The Balaban J connectivity index is 2.52. The predicted molar refractivity (Wildman–Crippen MR) is 77.4 cm³/mol. The summed E-state index contributed by atoms with van der Waals surface area (Å²) in [6.45, 7) is 0. The lowest BCUT2D eigenvalue weighted by molar-refractivity contribution is 0.483. The van der Waals surface area contributed by atoms with Crippen molar-refractivity contribution in [2.24, 2.45) is 0 Å². The van der Waals surface area contributed by atoms with E-state index in [1.807, 2.05) is 18.2 Å². The summed E-state index contributed by atoms with van der Waals surface area (Å²) in [7, 11) is 0. The maximum Gasteiger partial charge on any atom is 0.168 e. The molecule has 0 atom stereocenters. The third-order valence-electron chi connectivity index (χ3n) is 2.22. The van der Waals surface area contributed by atoms with E-state index in [1.165, 1.54) is 0 Å². The summed E-state index contributed by atoms with van der Waals surface area (Å²) in [5.41, 5.74) is 5.86. The van der Waals surface area contributed by atoms with Gasteiger partial charge in [-0.2, -0.15) is 0 Å². The van der Waals surface area contributed by atoms with E-state index in [4.69, 9.17) is 56.9 Å². The van der Waals surface area contributed by atoms with E-state index >= 15 is 0 Å². The van der Waals surface area contributed by atoms with Crippen molar-refractivity contribution in [2.45, 2.75) is 0 Å². The quantitative estimate of drug-likeness (QED) is 0.439. The van der Waals surface area contributed by atoms with Crippen LogP contribution in [0.5, 0.6) is 11.5 Å². The first kappa shape index (κ1) is 13.6. The molecule has 0 fully saturated rings. The van der Waals surface area contributed by atoms with E-state index in [0.29, 0.717) is 5.75 Å². The molecule has 0 radical (unpaired) electrons. The van der Waals surface area contributed by atoms with Crippen LogP contribution in [-0.4, -0.2) is 0 Å². The second kappa shape index (κ2) is 5.45. The molecule has 2 nitrogen and oxygen atoms in total. The van der Waals surface area contributed by atoms with Gasteiger partial charge in [0.15, 0.2) is 5.75 Å². The Morgan fingerprint density at radius 2 is 1.39 bits per heavy atom. The molecule has 18 heavy (non-hydrogen) atoms. The molecule has 2 aromatic carbocycles. The number of nitrogen functional groups attached to an aromatic ring is 1. The number of hydrogen-bond acceptors (Lipinski definition) is 2. The summed E-state index contributed by atoms with van der Waals surface area (Å²) in [6, 6.07) is 9.01. The highest BCUT2D eigenvalue weighted by Crippen LogP contribution is 2.48. The van der Waals surface area contributed by atoms with E-state index in [2.05, 4.69) is 0 Å². The molecule has 2 rings (SSSR count). The third-order valence-corrected chi connectivity index (χ3v) is 3.92. The van der Waals surface area contributed by atoms with Crippen LogP contribution < -0.4 is 10.5 Å². The summed E-state index contributed by atoms with van der Waals surface area (Å²) in [5.74, 6) is 0.760. The highest BCUT2D eigenvalue weighted by Gasteiger charge is 2.20. The van der Waals surface area contributed by atoms with Gasteiger partial charge in [0.25, 0.3) is 0 Å². The average Bonchev–Trinajstić information content (AvgIpc) is 2.40. The fourth-order valence-corrected chi connectivity index (χ4v) is 2.30. The number of rotatable bonds is 2. The molecule has 6 heteroatoms. The summed E-state index contributed by atoms with van der Waals surface area (Å²) in [5, 5.41) is 0.501. The standard InChI is InChI=1S/C12H7Cl4NO/c13-7-8(14)11(17)10(16)12(9(7)15)18-6-4-2-1-3-5-6/h1-5H,17H2. The highest BCUT2D eigenvalue weighted by molar-refractivity contribution is 6.52. The normalized spacial score (nSPS) is 10.4. The van der Waals surface area contributed by atoms with Gasteiger partial charge in [-0.25, -0.2) is 0 Å². The van der Waals surface area contributed by atoms with Crippen LogP contribution in [0.2, 0.25) is 20.1 Å². The van der Waals surface area contributed by atoms with Gasteiger partial charge in [-0.05, 0) is 12.1 Å². The second-order valence-electron chi connectivity index (χ2n) is 3.41. The van der Waals surface area contributed by atoms with Gasteiger partial charge in [-0.15, -0.1) is 0 Å². The Morgan fingerprint density at radius 3 is 2.00 bits per heavy atom. The van der Waals surface area contributed by atoms with E-state index in [9.17, 15) is 0 Å². The largest absolute Gasteiger partial charge is 0.454 e. The van der Waals surface area contributed by atoms with Crippen molar-refractivity contribution in [1.29, 1.82) is 0 Å². The summed E-state index contributed by atoms with van der Waals surface area (Å²) in [4.78, 5) is 0. The zero-order valence-electron chi connectivity index (χ0n) is 8.88. The Bertz CT molecular complexity index is 557. The fraction of sp³-hybridized carbons (Fsp3) is 0. The van der Waals surface area contributed by atoms with Crippen molar-refractivity contribution in [3.05, 3.63) is 50.4 Å². The van der Waals surface area contributed by atoms with Crippen molar-refractivity contribution in [3.8, 4) is 11.5 Å². The summed E-state index contributed by atoms with van der Waals surface area (Å²) >= 11 is 23.9. The number of ether oxygens (including phenoxy) is 1. The summed E-state index contributed by atoms with van der Waals surface area (Å²) < 4.78 is 5.57. The van der Waals surface area contributed by atoms with Gasteiger partial charge >= 0.3 is 0 Å². The zero-order valence-corrected chi connectivity index (χ0v) is 11.9. The Morgan fingerprint density at radius 1 is 0.778 bits per heavy atom. The van der Waals surface area contributed by atoms with Crippen LogP contribution in [0.15, 0.2) is 30.3 Å². The molecule has 0 aromatic heterocycles. The number of hydrogen-bond donors (Lipinski definition) is 1. The maximum atomic E-state index is 6.05. The SMILES string of the molecule is Nc1c(Cl)c(Cl)c(Cl)c(Oc2ccccc2)c1Cl. The van der Waals surface area contributed by atoms with Crippen LogP contribution in [0.25, 0.3) is 0 Å². The molecule has 0 bridgehead atoms. The maximum absolute atomic E-state index is 6.05. The monoisotopic (exact) mass is 321 g/mol. The molecule has 0 aliphatic rings. The molecule has 0 amide bonds. The van der Waals surface area contributed by atoms with Gasteiger partial charge in [0.05, 0.1) is 15.7 Å². The predicted octanol–water partition coefficient (Wildman–Crippen LogP) is 5.67. The van der Waals surface area contributed by atoms with Crippen molar-refractivity contribution in [3.63, 3.8) is 0 Å². The van der Waals surface area contributed by atoms with Crippen LogP contribution in [0, 0.1) is 0 Å². The molecule has 0 saturated heterocycles. The van der Waals surface area contributed by atoms with Crippen LogP contribution in [0.4, 0.5) is 5.69 Å². The van der Waals surface area contributed by atoms with Crippen molar-refractivity contribution >= 4 is 52.1 Å². The smallest absolute Gasteiger partial charge is 0.168 e. The van der Waals surface area contributed by atoms with Crippen LogP contribution in [-0.2, 0) is 0 Å². The second-order valence-corrected chi connectivity index (χ2v) is 4.93. The number of nitrogens with two attached hydrogens (primary N) is 1. The number of anilines is 1. The van der Waals surface area contributed by atoms with Crippen LogP contribution in [0.1, 0.15) is 0 Å². The Hall–Kier alpha value is -0.800. The zero-order chi connectivity index (χ0) is 13.3. The summed E-state index contributed by atoms with van der Waals surface area (Å²) in [6.07, 6.45) is 0. The topological polar surface area (TPSA) is 35.2 Å². The minimum absolute atomic E-state index is 0.117. The lowest BCUT2D eigenvalue weighted by atomic mass is 10.3. The van der Waals surface area contributed by atoms with Gasteiger partial charge in [0, 0.05) is 0 Å². The highest BCUT2D eigenvalue weighted by atomic mass is 35.5. The van der Waals surface area contributed by atoms with Gasteiger partial charge in [-0.3, -0.25) is 0 Å². The van der Waals surface area contributed by atoms with Crippen LogP contribution >= 0.6 is 46.4 Å². The first-order chi connectivity index (χ1) is 8.52. The molecule has 0 heterocycles. The van der Waals surface area contributed by atoms with E-state index in [0.717, 1.165) is 0 Å². The molecule has 2 N–H and O–H groups in total. The molecule has 0 aliphatic carbocycles. The molecule has 0 unspecified atom stereocenters. The van der Waals surface area contributed by atoms with Gasteiger partial charge in [0.2, 0.25) is 0 Å². The number of halogens is 4. The molecule has 0 aliphatic heterocycles. The van der Waals surface area contributed by atoms with E-state index < -0.39 is 0 Å². The molecule has 94 valence electrons. The first-order valence-electron chi connectivity index (χ1n) is 4.86. The fourth-order valence-electron chi connectivity index (χ4n) is 1.33. The van der Waals surface area contributed by atoms with Gasteiger partial charge < -0.3 is 10.5 Å². The average molecular weight is 323 g/mol. The minimum Gasteiger partial charge on any atom is -0.454 e. The Kier molecular flexibility index (Phi) is 4.13. The van der Waals surface area contributed by atoms with Crippen LogP contribution in [0.3, 0.4) is 0 Å². The first-order valence-corrected chi connectivity index (χ1v) is 6.38. The lowest BCUT2D eigenvalue weighted by Crippen LogP contribution is -1.94.